The smallest absolute Gasteiger partial charge is 0.387 e. The van der Waals surface area contributed by atoms with Crippen LogP contribution in [0.3, 0.4) is 0 Å². The molecule has 1 aromatic carbocycles. The highest BCUT2D eigenvalue weighted by atomic mass is 19.3. The van der Waals surface area contributed by atoms with Gasteiger partial charge in [0, 0.05) is 0 Å². The molecular formula is C13H10F2O3. The van der Waals surface area contributed by atoms with E-state index in [1.54, 1.807) is 12.1 Å². The average Bonchev–Trinajstić information content (AvgIpc) is 2.79. The summed E-state index contributed by atoms with van der Waals surface area (Å²) in [5.41, 5.74) is 1.26. The second-order valence-electron chi connectivity index (χ2n) is 3.70. The standard InChI is InChI=1S/C13H10F2O3/c1-8-2-4-12(18-13(14)15)10(6-8)11-5-3-9(7-16)17-11/h2-7,13H,1H3. The van der Waals surface area contributed by atoms with E-state index in [9.17, 15) is 13.6 Å². The number of alkyl halides is 2. The van der Waals surface area contributed by atoms with Gasteiger partial charge in [-0.2, -0.15) is 8.78 Å². The lowest BCUT2D eigenvalue weighted by Gasteiger charge is -2.09. The van der Waals surface area contributed by atoms with Gasteiger partial charge in [0.05, 0.1) is 5.56 Å². The third-order valence-electron chi connectivity index (χ3n) is 2.36. The summed E-state index contributed by atoms with van der Waals surface area (Å²) in [5.74, 6) is 0.466. The Bertz CT molecular complexity index is 561. The van der Waals surface area contributed by atoms with E-state index in [0.29, 0.717) is 17.6 Å². The van der Waals surface area contributed by atoms with Crippen LogP contribution in [0.15, 0.2) is 34.7 Å². The van der Waals surface area contributed by atoms with Crippen molar-refractivity contribution >= 4 is 6.29 Å². The molecule has 0 spiro atoms. The van der Waals surface area contributed by atoms with Gasteiger partial charge in [-0.1, -0.05) is 11.6 Å². The zero-order valence-electron chi connectivity index (χ0n) is 9.52. The van der Waals surface area contributed by atoms with Crippen molar-refractivity contribution in [2.75, 3.05) is 0 Å². The zero-order valence-corrected chi connectivity index (χ0v) is 9.52. The largest absolute Gasteiger partial charge is 0.453 e. The number of furan rings is 1. The molecule has 0 fully saturated rings. The van der Waals surface area contributed by atoms with Gasteiger partial charge in [-0.05, 0) is 31.2 Å². The van der Waals surface area contributed by atoms with E-state index in [2.05, 4.69) is 4.74 Å². The van der Waals surface area contributed by atoms with Gasteiger partial charge in [0.1, 0.15) is 11.5 Å². The number of benzene rings is 1. The molecule has 2 rings (SSSR count). The number of carbonyl (C=O) groups excluding carboxylic acids is 1. The minimum atomic E-state index is -2.91. The number of rotatable bonds is 4. The Kier molecular flexibility index (Phi) is 3.41. The Balaban J connectivity index is 2.46. The molecule has 0 unspecified atom stereocenters. The van der Waals surface area contributed by atoms with Crippen LogP contribution in [0.25, 0.3) is 11.3 Å². The highest BCUT2D eigenvalue weighted by Gasteiger charge is 2.14. The molecule has 0 aliphatic heterocycles. The van der Waals surface area contributed by atoms with Gasteiger partial charge >= 0.3 is 6.61 Å². The number of hydrogen-bond donors (Lipinski definition) is 0. The van der Waals surface area contributed by atoms with E-state index in [0.717, 1.165) is 5.56 Å². The lowest BCUT2D eigenvalue weighted by molar-refractivity contribution is -0.0495. The normalized spacial score (nSPS) is 10.7. The van der Waals surface area contributed by atoms with Crippen LogP contribution in [0.5, 0.6) is 5.75 Å². The fraction of sp³-hybridized carbons (Fsp3) is 0.154. The quantitative estimate of drug-likeness (QED) is 0.779. The van der Waals surface area contributed by atoms with Crippen molar-refractivity contribution in [3.63, 3.8) is 0 Å². The summed E-state index contributed by atoms with van der Waals surface area (Å²) in [6.45, 7) is -1.09. The van der Waals surface area contributed by atoms with Gasteiger partial charge in [-0.25, -0.2) is 0 Å². The lowest BCUT2D eigenvalue weighted by Crippen LogP contribution is -2.03. The molecule has 1 heterocycles. The second-order valence-corrected chi connectivity index (χ2v) is 3.70. The van der Waals surface area contributed by atoms with Crippen molar-refractivity contribution in [2.24, 2.45) is 0 Å². The summed E-state index contributed by atoms with van der Waals surface area (Å²) in [5, 5.41) is 0. The van der Waals surface area contributed by atoms with Gasteiger partial charge < -0.3 is 9.15 Å². The Morgan fingerprint density at radius 2 is 2.06 bits per heavy atom. The maximum Gasteiger partial charge on any atom is 0.387 e. The Morgan fingerprint density at radius 3 is 2.67 bits per heavy atom. The van der Waals surface area contributed by atoms with Crippen LogP contribution < -0.4 is 4.74 Å². The molecule has 0 aliphatic carbocycles. The number of hydrogen-bond acceptors (Lipinski definition) is 3. The Hall–Kier alpha value is -2.17. The van der Waals surface area contributed by atoms with Crippen molar-refractivity contribution in [2.45, 2.75) is 13.5 Å². The second kappa shape index (κ2) is 5.00. The van der Waals surface area contributed by atoms with Gasteiger partial charge in [0.25, 0.3) is 0 Å². The number of halogens is 2. The van der Waals surface area contributed by atoms with Gasteiger partial charge in [-0.3, -0.25) is 4.79 Å². The summed E-state index contributed by atoms with van der Waals surface area (Å²) in [4.78, 5) is 10.5. The van der Waals surface area contributed by atoms with Gasteiger partial charge in [-0.15, -0.1) is 0 Å². The van der Waals surface area contributed by atoms with E-state index < -0.39 is 6.61 Å². The van der Waals surface area contributed by atoms with E-state index in [1.165, 1.54) is 18.2 Å². The first kappa shape index (κ1) is 12.3. The Labute approximate surface area is 102 Å². The maximum atomic E-state index is 12.3. The average molecular weight is 252 g/mol. The maximum absolute atomic E-state index is 12.3. The number of carbonyl (C=O) groups is 1. The van der Waals surface area contributed by atoms with Gasteiger partial charge in [0.2, 0.25) is 0 Å². The zero-order chi connectivity index (χ0) is 13.1. The monoisotopic (exact) mass is 252 g/mol. The van der Waals surface area contributed by atoms with Crippen molar-refractivity contribution in [3.8, 4) is 17.1 Å². The fourth-order valence-corrected chi connectivity index (χ4v) is 1.60. The van der Waals surface area contributed by atoms with Crippen LogP contribution in [-0.4, -0.2) is 12.9 Å². The molecule has 0 amide bonds. The molecule has 1 aromatic heterocycles. The van der Waals surface area contributed by atoms with Crippen LogP contribution >= 0.6 is 0 Å². The minimum Gasteiger partial charge on any atom is -0.453 e. The molecule has 0 saturated carbocycles. The summed E-state index contributed by atoms with van der Waals surface area (Å²) >= 11 is 0. The molecule has 0 atom stereocenters. The van der Waals surface area contributed by atoms with Gasteiger partial charge in [0.15, 0.2) is 12.0 Å². The minimum absolute atomic E-state index is 0.0161. The Morgan fingerprint density at radius 1 is 1.28 bits per heavy atom. The van der Waals surface area contributed by atoms with Crippen LogP contribution in [0.2, 0.25) is 0 Å². The highest BCUT2D eigenvalue weighted by Crippen LogP contribution is 2.33. The summed E-state index contributed by atoms with van der Waals surface area (Å²) in [6.07, 6.45) is 0.549. The first-order valence-corrected chi connectivity index (χ1v) is 5.21. The van der Waals surface area contributed by atoms with Crippen molar-refractivity contribution in [1.82, 2.24) is 0 Å². The number of aryl methyl sites for hydroxylation is 1. The molecule has 0 bridgehead atoms. The molecule has 3 nitrogen and oxygen atoms in total. The van der Waals surface area contributed by atoms with E-state index in [4.69, 9.17) is 4.42 Å². The number of aldehydes is 1. The molecule has 0 saturated heterocycles. The lowest BCUT2D eigenvalue weighted by atomic mass is 10.1. The molecule has 5 heteroatoms. The molecule has 0 radical (unpaired) electrons. The van der Waals surface area contributed by atoms with Crippen LogP contribution in [0.4, 0.5) is 8.78 Å². The van der Waals surface area contributed by atoms with Crippen LogP contribution in [0.1, 0.15) is 16.1 Å². The highest BCUT2D eigenvalue weighted by molar-refractivity contribution is 5.74. The molecule has 18 heavy (non-hydrogen) atoms. The molecule has 2 aromatic rings. The molecule has 0 aliphatic rings. The molecule has 0 N–H and O–H groups in total. The third-order valence-corrected chi connectivity index (χ3v) is 2.36. The summed E-state index contributed by atoms with van der Waals surface area (Å²) < 4.78 is 34.2. The predicted molar refractivity (Wildman–Crippen MR) is 60.9 cm³/mol. The number of ether oxygens (including phenoxy) is 1. The van der Waals surface area contributed by atoms with E-state index in [1.807, 2.05) is 6.92 Å². The topological polar surface area (TPSA) is 39.4 Å². The first-order chi connectivity index (χ1) is 8.60. The SMILES string of the molecule is Cc1ccc(OC(F)F)c(-c2ccc(C=O)o2)c1. The fourth-order valence-electron chi connectivity index (χ4n) is 1.60. The third kappa shape index (κ3) is 2.56. The molecular weight excluding hydrogens is 242 g/mol. The summed E-state index contributed by atoms with van der Waals surface area (Å²) in [6, 6.07) is 7.77. The van der Waals surface area contributed by atoms with Crippen LogP contribution in [0, 0.1) is 6.92 Å². The van der Waals surface area contributed by atoms with Crippen LogP contribution in [-0.2, 0) is 0 Å². The van der Waals surface area contributed by atoms with Crippen molar-refractivity contribution in [1.29, 1.82) is 0 Å². The van der Waals surface area contributed by atoms with Crippen molar-refractivity contribution in [3.05, 3.63) is 41.7 Å². The first-order valence-electron chi connectivity index (χ1n) is 5.21. The molecule has 94 valence electrons. The summed E-state index contributed by atoms with van der Waals surface area (Å²) in [7, 11) is 0. The van der Waals surface area contributed by atoms with E-state index >= 15 is 0 Å². The van der Waals surface area contributed by atoms with E-state index in [-0.39, 0.29) is 11.5 Å². The predicted octanol–water partition coefficient (Wildman–Crippen LogP) is 3.67. The van der Waals surface area contributed by atoms with Crippen molar-refractivity contribution < 1.29 is 22.7 Å².